The Balaban J connectivity index is 2.46. The summed E-state index contributed by atoms with van der Waals surface area (Å²) in [6.45, 7) is 6.49. The lowest BCUT2D eigenvalue weighted by atomic mass is 9.73. The first kappa shape index (κ1) is 14.9. The van der Waals surface area contributed by atoms with Gasteiger partial charge in [0.2, 0.25) is 0 Å². The van der Waals surface area contributed by atoms with E-state index < -0.39 is 0 Å². The second kappa shape index (κ2) is 7.34. The molecule has 0 aromatic rings. The van der Waals surface area contributed by atoms with Crippen LogP contribution < -0.4 is 11.1 Å². The molecule has 1 rings (SSSR count). The lowest BCUT2D eigenvalue weighted by Crippen LogP contribution is -2.54. The van der Waals surface area contributed by atoms with Crippen molar-refractivity contribution in [1.82, 2.24) is 5.32 Å². The van der Waals surface area contributed by atoms with E-state index in [-0.39, 0.29) is 12.1 Å². The maximum absolute atomic E-state index is 8.85. The van der Waals surface area contributed by atoms with Gasteiger partial charge in [0.15, 0.2) is 0 Å². The number of nitrogens with two attached hydrogens (primary N) is 1. The minimum absolute atomic E-state index is 0.146. The summed E-state index contributed by atoms with van der Waals surface area (Å²) < 4.78 is 0. The Bertz CT molecular complexity index is 208. The Hall–Kier alpha value is -0.120. The third-order valence-electron chi connectivity index (χ3n) is 3.98. The van der Waals surface area contributed by atoms with Crippen molar-refractivity contribution < 1.29 is 5.11 Å². The zero-order chi connectivity index (χ0) is 12.7. The second-order valence-electron chi connectivity index (χ2n) is 6.08. The predicted molar refractivity (Wildman–Crippen MR) is 72.9 cm³/mol. The van der Waals surface area contributed by atoms with E-state index in [2.05, 4.69) is 19.2 Å². The number of hydrogen-bond donors (Lipinski definition) is 3. The molecule has 0 aliphatic heterocycles. The van der Waals surface area contributed by atoms with Crippen molar-refractivity contribution in [2.24, 2.45) is 17.6 Å². The van der Waals surface area contributed by atoms with Crippen molar-refractivity contribution >= 4 is 0 Å². The van der Waals surface area contributed by atoms with Gasteiger partial charge in [0.1, 0.15) is 0 Å². The lowest BCUT2D eigenvalue weighted by molar-refractivity contribution is 0.164. The summed E-state index contributed by atoms with van der Waals surface area (Å²) in [5.74, 6) is 1.61. The smallest absolute Gasteiger partial charge is 0.0443 e. The molecule has 3 heteroatoms. The molecule has 17 heavy (non-hydrogen) atoms. The van der Waals surface area contributed by atoms with E-state index in [4.69, 9.17) is 10.8 Å². The minimum Gasteiger partial charge on any atom is -0.396 e. The third kappa shape index (κ3) is 4.94. The second-order valence-corrected chi connectivity index (χ2v) is 6.08. The maximum atomic E-state index is 8.85. The van der Waals surface area contributed by atoms with Gasteiger partial charge >= 0.3 is 0 Å². The molecule has 3 nitrogen and oxygen atoms in total. The average molecular weight is 242 g/mol. The van der Waals surface area contributed by atoms with Crippen LogP contribution >= 0.6 is 0 Å². The van der Waals surface area contributed by atoms with Crippen LogP contribution in [0.25, 0.3) is 0 Å². The molecule has 0 saturated heterocycles. The molecule has 2 unspecified atom stereocenters. The highest BCUT2D eigenvalue weighted by molar-refractivity contribution is 4.94. The van der Waals surface area contributed by atoms with Crippen LogP contribution in [0.2, 0.25) is 0 Å². The summed E-state index contributed by atoms with van der Waals surface area (Å²) in [6.07, 6.45) is 7.22. The Morgan fingerprint density at radius 3 is 2.82 bits per heavy atom. The molecule has 1 saturated carbocycles. The standard InChI is InChI=1S/C14H30N2O/c1-12(2)9-13-5-3-6-14(10-13,11-15)16-7-4-8-17/h12-13,16-17H,3-11,15H2,1-2H3. The lowest BCUT2D eigenvalue weighted by Gasteiger charge is -2.41. The highest BCUT2D eigenvalue weighted by Crippen LogP contribution is 2.35. The van der Waals surface area contributed by atoms with Crippen LogP contribution in [0, 0.1) is 11.8 Å². The van der Waals surface area contributed by atoms with Crippen molar-refractivity contribution in [2.45, 2.75) is 57.9 Å². The molecule has 0 heterocycles. The zero-order valence-corrected chi connectivity index (χ0v) is 11.5. The fourth-order valence-corrected chi connectivity index (χ4v) is 3.20. The van der Waals surface area contributed by atoms with Gasteiger partial charge in [0.25, 0.3) is 0 Å². The predicted octanol–water partition coefficient (Wildman–Crippen LogP) is 1.89. The van der Waals surface area contributed by atoms with Gasteiger partial charge in [-0.05, 0) is 44.1 Å². The van der Waals surface area contributed by atoms with Crippen LogP contribution in [0.5, 0.6) is 0 Å². The van der Waals surface area contributed by atoms with Gasteiger partial charge in [-0.15, -0.1) is 0 Å². The number of hydrogen-bond acceptors (Lipinski definition) is 3. The summed E-state index contributed by atoms with van der Waals surface area (Å²) in [5.41, 5.74) is 6.13. The van der Waals surface area contributed by atoms with Crippen molar-refractivity contribution in [3.05, 3.63) is 0 Å². The van der Waals surface area contributed by atoms with Gasteiger partial charge in [0, 0.05) is 18.7 Å². The van der Waals surface area contributed by atoms with Gasteiger partial charge in [0.05, 0.1) is 0 Å². The molecule has 1 fully saturated rings. The highest BCUT2D eigenvalue weighted by Gasteiger charge is 2.34. The van der Waals surface area contributed by atoms with E-state index in [9.17, 15) is 0 Å². The number of aliphatic hydroxyl groups is 1. The van der Waals surface area contributed by atoms with E-state index in [1.165, 1.54) is 32.1 Å². The normalized spacial score (nSPS) is 29.8. The Kier molecular flexibility index (Phi) is 6.45. The number of rotatable bonds is 7. The average Bonchev–Trinajstić information content (AvgIpc) is 2.29. The molecule has 0 bridgehead atoms. The fourth-order valence-electron chi connectivity index (χ4n) is 3.20. The molecule has 102 valence electrons. The Morgan fingerprint density at radius 2 is 2.24 bits per heavy atom. The first-order valence-electron chi connectivity index (χ1n) is 7.18. The molecule has 2 atom stereocenters. The molecular formula is C14H30N2O. The minimum atomic E-state index is 0.146. The molecule has 0 aromatic carbocycles. The quantitative estimate of drug-likeness (QED) is 0.598. The maximum Gasteiger partial charge on any atom is 0.0443 e. The van der Waals surface area contributed by atoms with Crippen molar-refractivity contribution in [2.75, 3.05) is 19.7 Å². The molecule has 0 spiro atoms. The van der Waals surface area contributed by atoms with Crippen LogP contribution in [0.15, 0.2) is 0 Å². The third-order valence-corrected chi connectivity index (χ3v) is 3.98. The van der Waals surface area contributed by atoms with Crippen LogP contribution in [-0.4, -0.2) is 30.3 Å². The van der Waals surface area contributed by atoms with E-state index in [1.54, 1.807) is 0 Å². The summed E-state index contributed by atoms with van der Waals surface area (Å²) >= 11 is 0. The molecule has 1 aliphatic rings. The summed E-state index contributed by atoms with van der Waals surface area (Å²) in [4.78, 5) is 0. The zero-order valence-electron chi connectivity index (χ0n) is 11.5. The highest BCUT2D eigenvalue weighted by atomic mass is 16.3. The number of nitrogens with one attached hydrogen (secondary N) is 1. The summed E-state index contributed by atoms with van der Waals surface area (Å²) in [5, 5.41) is 12.5. The van der Waals surface area contributed by atoms with Gasteiger partial charge in [-0.1, -0.05) is 26.7 Å². The summed E-state index contributed by atoms with van der Waals surface area (Å²) in [6, 6.07) is 0. The molecule has 0 radical (unpaired) electrons. The van der Waals surface area contributed by atoms with Gasteiger partial charge in [-0.3, -0.25) is 0 Å². The van der Waals surface area contributed by atoms with Crippen molar-refractivity contribution in [3.8, 4) is 0 Å². The van der Waals surface area contributed by atoms with Crippen molar-refractivity contribution in [1.29, 1.82) is 0 Å². The van der Waals surface area contributed by atoms with Gasteiger partial charge < -0.3 is 16.2 Å². The van der Waals surface area contributed by atoms with E-state index in [1.807, 2.05) is 0 Å². The van der Waals surface area contributed by atoms with E-state index >= 15 is 0 Å². The van der Waals surface area contributed by atoms with Crippen molar-refractivity contribution in [3.63, 3.8) is 0 Å². The fraction of sp³-hybridized carbons (Fsp3) is 1.00. The van der Waals surface area contributed by atoms with Gasteiger partial charge in [-0.2, -0.15) is 0 Å². The van der Waals surface area contributed by atoms with Crippen LogP contribution in [0.4, 0.5) is 0 Å². The molecule has 4 N–H and O–H groups in total. The SMILES string of the molecule is CC(C)CC1CCCC(CN)(NCCCO)C1. The Labute approximate surface area is 106 Å². The van der Waals surface area contributed by atoms with Crippen LogP contribution in [-0.2, 0) is 0 Å². The van der Waals surface area contributed by atoms with Gasteiger partial charge in [-0.25, -0.2) is 0 Å². The van der Waals surface area contributed by atoms with Crippen LogP contribution in [0.1, 0.15) is 52.4 Å². The molecule has 1 aliphatic carbocycles. The van der Waals surface area contributed by atoms with E-state index in [0.717, 1.165) is 31.3 Å². The van der Waals surface area contributed by atoms with Crippen LogP contribution in [0.3, 0.4) is 0 Å². The first-order chi connectivity index (χ1) is 8.12. The molecule has 0 amide bonds. The topological polar surface area (TPSA) is 58.3 Å². The van der Waals surface area contributed by atoms with E-state index in [0.29, 0.717) is 0 Å². The largest absolute Gasteiger partial charge is 0.396 e. The first-order valence-corrected chi connectivity index (χ1v) is 7.18. The molecular weight excluding hydrogens is 212 g/mol. The number of aliphatic hydroxyl groups excluding tert-OH is 1. The summed E-state index contributed by atoms with van der Waals surface area (Å²) in [7, 11) is 0. The monoisotopic (exact) mass is 242 g/mol. The Morgan fingerprint density at radius 1 is 1.47 bits per heavy atom. The molecule has 0 aromatic heterocycles.